The number of nitrogens with one attached hydrogen (secondary N) is 2. The third kappa shape index (κ3) is 4.41. The second-order valence-electron chi connectivity index (χ2n) is 4.14. The maximum Gasteiger partial charge on any atom is 0.274 e. The molecule has 1 aromatic rings. The van der Waals surface area contributed by atoms with Crippen LogP contribution in [0.2, 0.25) is 0 Å². The molecule has 104 valence electrons. The minimum absolute atomic E-state index is 0.0547. The summed E-state index contributed by atoms with van der Waals surface area (Å²) in [6, 6.07) is 2.83. The zero-order valence-electron chi connectivity index (χ0n) is 10.6. The molecule has 0 saturated carbocycles. The van der Waals surface area contributed by atoms with Crippen molar-refractivity contribution < 1.29 is 17.9 Å². The van der Waals surface area contributed by atoms with Crippen molar-refractivity contribution in [3.63, 3.8) is 0 Å². The molecule has 1 unspecified atom stereocenters. The first-order valence-electron chi connectivity index (χ1n) is 5.86. The first-order chi connectivity index (χ1) is 8.49. The Labute approximate surface area is 107 Å². The molecule has 7 heteroatoms. The van der Waals surface area contributed by atoms with Crippen molar-refractivity contribution in [1.82, 2.24) is 10.0 Å². The highest BCUT2D eigenvalue weighted by Gasteiger charge is 2.20. The van der Waals surface area contributed by atoms with Crippen LogP contribution in [0.1, 0.15) is 25.5 Å². The molecule has 0 aromatic carbocycles. The lowest BCUT2D eigenvalue weighted by Gasteiger charge is -2.11. The first kappa shape index (κ1) is 15.2. The van der Waals surface area contributed by atoms with Gasteiger partial charge in [0.25, 0.3) is 10.0 Å². The van der Waals surface area contributed by atoms with Gasteiger partial charge in [0.1, 0.15) is 5.76 Å². The van der Waals surface area contributed by atoms with Crippen molar-refractivity contribution in [3.8, 4) is 0 Å². The molecule has 0 amide bonds. The summed E-state index contributed by atoms with van der Waals surface area (Å²) in [5, 5.41) is 11.5. The second-order valence-corrected chi connectivity index (χ2v) is 5.78. The summed E-state index contributed by atoms with van der Waals surface area (Å²) in [6.45, 7) is 2.29. The van der Waals surface area contributed by atoms with Gasteiger partial charge in [-0.05, 0) is 38.9 Å². The first-order valence-corrected chi connectivity index (χ1v) is 7.34. The van der Waals surface area contributed by atoms with Gasteiger partial charge < -0.3 is 14.8 Å². The number of sulfonamides is 1. The van der Waals surface area contributed by atoms with Crippen LogP contribution in [-0.4, -0.2) is 33.2 Å². The molecule has 1 rings (SSSR count). The standard InChI is InChI=1S/C11H20N2O4S/c1-9(4-3-7-14)13-18(15,16)11-6-5-10(17-11)8-12-2/h5-6,9,12-14H,3-4,7-8H2,1-2H3. The fourth-order valence-corrected chi connectivity index (χ4v) is 2.78. The number of aliphatic hydroxyl groups excluding tert-OH is 1. The van der Waals surface area contributed by atoms with Gasteiger partial charge in [-0.15, -0.1) is 0 Å². The Balaban J connectivity index is 2.67. The lowest BCUT2D eigenvalue weighted by molar-refractivity contribution is 0.279. The van der Waals surface area contributed by atoms with E-state index in [0.29, 0.717) is 25.1 Å². The van der Waals surface area contributed by atoms with Crippen LogP contribution < -0.4 is 10.0 Å². The number of hydrogen-bond acceptors (Lipinski definition) is 5. The summed E-state index contributed by atoms with van der Waals surface area (Å²) in [6.07, 6.45) is 1.15. The molecule has 1 heterocycles. The van der Waals surface area contributed by atoms with Crippen LogP contribution in [0.4, 0.5) is 0 Å². The van der Waals surface area contributed by atoms with Crippen LogP contribution >= 0.6 is 0 Å². The molecule has 0 radical (unpaired) electrons. The van der Waals surface area contributed by atoms with Crippen LogP contribution in [0, 0.1) is 0 Å². The van der Waals surface area contributed by atoms with E-state index in [1.165, 1.54) is 6.07 Å². The Morgan fingerprint density at radius 2 is 2.17 bits per heavy atom. The number of aliphatic hydroxyl groups is 1. The Bertz CT molecular complexity index is 455. The minimum atomic E-state index is -3.61. The topological polar surface area (TPSA) is 91.6 Å². The van der Waals surface area contributed by atoms with Crippen molar-refractivity contribution in [3.05, 3.63) is 17.9 Å². The number of hydrogen-bond donors (Lipinski definition) is 3. The molecule has 0 saturated heterocycles. The van der Waals surface area contributed by atoms with E-state index in [1.54, 1.807) is 20.0 Å². The molecule has 0 aliphatic heterocycles. The summed E-state index contributed by atoms with van der Waals surface area (Å²) < 4.78 is 31.6. The quantitative estimate of drug-likeness (QED) is 0.641. The van der Waals surface area contributed by atoms with Gasteiger partial charge in [0, 0.05) is 12.6 Å². The Morgan fingerprint density at radius 3 is 2.78 bits per heavy atom. The van der Waals surface area contributed by atoms with Gasteiger partial charge in [-0.2, -0.15) is 0 Å². The SMILES string of the molecule is CNCc1ccc(S(=O)(=O)NC(C)CCCO)o1. The molecular formula is C11H20N2O4S. The Kier molecular flexibility index (Phi) is 5.80. The zero-order valence-corrected chi connectivity index (χ0v) is 11.5. The predicted molar refractivity (Wildman–Crippen MR) is 67.6 cm³/mol. The third-order valence-electron chi connectivity index (χ3n) is 2.40. The molecule has 3 N–H and O–H groups in total. The van der Waals surface area contributed by atoms with Crippen LogP contribution in [-0.2, 0) is 16.6 Å². The van der Waals surface area contributed by atoms with Gasteiger partial charge in [-0.25, -0.2) is 13.1 Å². The summed E-state index contributed by atoms with van der Waals surface area (Å²) >= 11 is 0. The average molecular weight is 276 g/mol. The summed E-state index contributed by atoms with van der Waals surface area (Å²) in [5.41, 5.74) is 0. The lowest BCUT2D eigenvalue weighted by Crippen LogP contribution is -2.32. The van der Waals surface area contributed by atoms with E-state index < -0.39 is 10.0 Å². The molecular weight excluding hydrogens is 256 g/mol. The normalized spacial score (nSPS) is 13.7. The Morgan fingerprint density at radius 1 is 1.44 bits per heavy atom. The van der Waals surface area contributed by atoms with Crippen molar-refractivity contribution in [2.45, 2.75) is 37.4 Å². The summed E-state index contributed by atoms with van der Waals surface area (Å²) in [4.78, 5) is 0. The van der Waals surface area contributed by atoms with Gasteiger partial charge in [-0.1, -0.05) is 0 Å². The molecule has 0 aliphatic carbocycles. The fourth-order valence-electron chi connectivity index (χ4n) is 1.55. The molecule has 0 aliphatic rings. The van der Waals surface area contributed by atoms with Crippen molar-refractivity contribution in [2.24, 2.45) is 0 Å². The molecule has 0 bridgehead atoms. The van der Waals surface area contributed by atoms with E-state index >= 15 is 0 Å². The van der Waals surface area contributed by atoms with E-state index in [1.807, 2.05) is 0 Å². The van der Waals surface area contributed by atoms with E-state index in [4.69, 9.17) is 9.52 Å². The number of rotatable bonds is 8. The van der Waals surface area contributed by atoms with Crippen LogP contribution in [0.25, 0.3) is 0 Å². The second kappa shape index (κ2) is 6.89. The minimum Gasteiger partial charge on any atom is -0.447 e. The largest absolute Gasteiger partial charge is 0.447 e. The van der Waals surface area contributed by atoms with Crippen LogP contribution in [0.5, 0.6) is 0 Å². The molecule has 1 atom stereocenters. The van der Waals surface area contributed by atoms with Crippen molar-refractivity contribution in [1.29, 1.82) is 0 Å². The number of furan rings is 1. The van der Waals surface area contributed by atoms with Gasteiger partial charge in [0.15, 0.2) is 0 Å². The van der Waals surface area contributed by atoms with E-state index in [9.17, 15) is 8.42 Å². The predicted octanol–water partition coefficient (Wildman–Crippen LogP) is 0.438. The molecule has 0 fully saturated rings. The molecule has 6 nitrogen and oxygen atoms in total. The van der Waals surface area contributed by atoms with E-state index in [2.05, 4.69) is 10.0 Å². The van der Waals surface area contributed by atoms with E-state index in [-0.39, 0.29) is 17.7 Å². The van der Waals surface area contributed by atoms with Gasteiger partial charge in [0.2, 0.25) is 5.09 Å². The zero-order chi connectivity index (χ0) is 13.6. The van der Waals surface area contributed by atoms with Crippen molar-refractivity contribution >= 4 is 10.0 Å². The Hall–Kier alpha value is -0.890. The highest BCUT2D eigenvalue weighted by Crippen LogP contribution is 2.14. The third-order valence-corrected chi connectivity index (χ3v) is 3.87. The summed E-state index contributed by atoms with van der Waals surface area (Å²) in [5.74, 6) is 0.570. The maximum absolute atomic E-state index is 11.9. The average Bonchev–Trinajstić information content (AvgIpc) is 2.75. The van der Waals surface area contributed by atoms with E-state index in [0.717, 1.165) is 0 Å². The fraction of sp³-hybridized carbons (Fsp3) is 0.636. The smallest absolute Gasteiger partial charge is 0.274 e. The summed E-state index contributed by atoms with van der Waals surface area (Å²) in [7, 11) is -1.86. The highest BCUT2D eigenvalue weighted by molar-refractivity contribution is 7.89. The van der Waals surface area contributed by atoms with Crippen LogP contribution in [0.3, 0.4) is 0 Å². The van der Waals surface area contributed by atoms with Crippen molar-refractivity contribution in [2.75, 3.05) is 13.7 Å². The van der Waals surface area contributed by atoms with Crippen LogP contribution in [0.15, 0.2) is 21.6 Å². The lowest BCUT2D eigenvalue weighted by atomic mass is 10.2. The molecule has 18 heavy (non-hydrogen) atoms. The van der Waals surface area contributed by atoms with Gasteiger partial charge in [-0.3, -0.25) is 0 Å². The monoisotopic (exact) mass is 276 g/mol. The van der Waals surface area contributed by atoms with Gasteiger partial charge >= 0.3 is 0 Å². The van der Waals surface area contributed by atoms with Gasteiger partial charge in [0.05, 0.1) is 6.54 Å². The molecule has 0 spiro atoms. The maximum atomic E-state index is 11.9. The highest BCUT2D eigenvalue weighted by atomic mass is 32.2. The molecule has 1 aromatic heterocycles.